The maximum absolute atomic E-state index is 13.9. The lowest BCUT2D eigenvalue weighted by Crippen LogP contribution is -2.53. The fourth-order valence-corrected chi connectivity index (χ4v) is 3.11. The molecule has 0 spiro atoms. The predicted octanol–water partition coefficient (Wildman–Crippen LogP) is 3.05. The van der Waals surface area contributed by atoms with Crippen LogP contribution in [0.2, 0.25) is 0 Å². The van der Waals surface area contributed by atoms with E-state index in [2.05, 4.69) is 31.0 Å². The van der Waals surface area contributed by atoms with Crippen molar-refractivity contribution in [2.24, 2.45) is 5.92 Å². The third-order valence-electron chi connectivity index (χ3n) is 4.50. The highest BCUT2D eigenvalue weighted by atomic mass is 19.1. The Labute approximate surface area is 121 Å². The van der Waals surface area contributed by atoms with E-state index in [0.29, 0.717) is 23.8 Å². The number of nitrogens with zero attached hydrogens (tertiary/aromatic N) is 1. The number of methoxy groups -OCH3 is 1. The Kier molecular flexibility index (Phi) is 4.86. The average molecular weight is 280 g/mol. The van der Waals surface area contributed by atoms with Crippen LogP contribution in [0.25, 0.3) is 0 Å². The minimum absolute atomic E-state index is 0.293. The highest BCUT2D eigenvalue weighted by Crippen LogP contribution is 2.31. The zero-order valence-electron chi connectivity index (χ0n) is 12.8. The van der Waals surface area contributed by atoms with E-state index in [-0.39, 0.29) is 5.82 Å². The molecule has 0 bridgehead atoms. The fourth-order valence-electron chi connectivity index (χ4n) is 3.11. The highest BCUT2D eigenvalue weighted by molar-refractivity contribution is 5.51. The molecule has 1 heterocycles. The van der Waals surface area contributed by atoms with Crippen molar-refractivity contribution in [1.29, 1.82) is 0 Å². The van der Waals surface area contributed by atoms with Crippen molar-refractivity contribution in [2.45, 2.75) is 39.3 Å². The van der Waals surface area contributed by atoms with Crippen molar-refractivity contribution in [1.82, 2.24) is 5.32 Å². The van der Waals surface area contributed by atoms with Gasteiger partial charge in [-0.2, -0.15) is 0 Å². The van der Waals surface area contributed by atoms with Gasteiger partial charge in [0, 0.05) is 30.4 Å². The molecule has 0 aliphatic carbocycles. The van der Waals surface area contributed by atoms with Crippen molar-refractivity contribution in [2.75, 3.05) is 25.1 Å². The predicted molar refractivity (Wildman–Crippen MR) is 81.0 cm³/mol. The summed E-state index contributed by atoms with van der Waals surface area (Å²) in [5.74, 6) is 0.546. The standard InChI is InChI=1S/C16H25FN2O/c1-5-18-15-8-9-19(12(3)11(15)2)13-6-7-16(20-4)14(17)10-13/h6-7,10-12,15,18H,5,8-9H2,1-4H3. The Hall–Kier alpha value is -1.29. The molecule has 0 aromatic heterocycles. The van der Waals surface area contributed by atoms with Crippen LogP contribution in [0.4, 0.5) is 10.1 Å². The van der Waals surface area contributed by atoms with E-state index < -0.39 is 0 Å². The first-order chi connectivity index (χ1) is 9.58. The van der Waals surface area contributed by atoms with Gasteiger partial charge in [-0.25, -0.2) is 4.39 Å². The molecule has 1 aliphatic heterocycles. The summed E-state index contributed by atoms with van der Waals surface area (Å²) in [5, 5.41) is 3.55. The summed E-state index contributed by atoms with van der Waals surface area (Å²) in [7, 11) is 1.49. The lowest BCUT2D eigenvalue weighted by molar-refractivity contribution is 0.274. The molecule has 3 unspecified atom stereocenters. The molecule has 1 fully saturated rings. The third kappa shape index (κ3) is 2.90. The molecule has 1 saturated heterocycles. The van der Waals surface area contributed by atoms with E-state index in [9.17, 15) is 4.39 Å². The summed E-state index contributed by atoms with van der Waals surface area (Å²) in [5.41, 5.74) is 0.942. The number of hydrogen-bond donors (Lipinski definition) is 1. The molecule has 1 N–H and O–H groups in total. The van der Waals surface area contributed by atoms with E-state index in [1.165, 1.54) is 7.11 Å². The summed E-state index contributed by atoms with van der Waals surface area (Å²) >= 11 is 0. The summed E-state index contributed by atoms with van der Waals surface area (Å²) in [6.45, 7) is 8.58. The van der Waals surface area contributed by atoms with Gasteiger partial charge in [0.05, 0.1) is 7.11 Å². The van der Waals surface area contributed by atoms with Crippen LogP contribution in [0, 0.1) is 11.7 Å². The van der Waals surface area contributed by atoms with Gasteiger partial charge in [0.25, 0.3) is 0 Å². The number of anilines is 1. The smallest absolute Gasteiger partial charge is 0.167 e. The summed E-state index contributed by atoms with van der Waals surface area (Å²) in [6, 6.07) is 6.17. The van der Waals surface area contributed by atoms with E-state index in [4.69, 9.17) is 4.74 Å². The van der Waals surface area contributed by atoms with E-state index >= 15 is 0 Å². The number of rotatable bonds is 4. The zero-order valence-corrected chi connectivity index (χ0v) is 12.8. The maximum atomic E-state index is 13.9. The van der Waals surface area contributed by atoms with Crippen LogP contribution < -0.4 is 15.0 Å². The quantitative estimate of drug-likeness (QED) is 0.917. The van der Waals surface area contributed by atoms with Gasteiger partial charge in [-0.05, 0) is 37.9 Å². The van der Waals surface area contributed by atoms with E-state index in [1.807, 2.05) is 6.07 Å². The van der Waals surface area contributed by atoms with Crippen LogP contribution >= 0.6 is 0 Å². The van der Waals surface area contributed by atoms with Crippen molar-refractivity contribution >= 4 is 5.69 Å². The van der Waals surface area contributed by atoms with Crippen LogP contribution in [-0.2, 0) is 0 Å². The first kappa shape index (κ1) is 15.1. The lowest BCUT2D eigenvalue weighted by atomic mass is 9.86. The van der Waals surface area contributed by atoms with E-state index in [0.717, 1.165) is 25.2 Å². The van der Waals surface area contributed by atoms with Gasteiger partial charge < -0.3 is 15.0 Å². The Balaban J connectivity index is 2.15. The largest absolute Gasteiger partial charge is 0.494 e. The lowest BCUT2D eigenvalue weighted by Gasteiger charge is -2.44. The van der Waals surface area contributed by atoms with Crippen LogP contribution in [0.1, 0.15) is 27.2 Å². The molecule has 0 saturated carbocycles. The third-order valence-corrected chi connectivity index (χ3v) is 4.50. The molecular weight excluding hydrogens is 255 g/mol. The number of benzene rings is 1. The maximum Gasteiger partial charge on any atom is 0.167 e. The number of piperidine rings is 1. The van der Waals surface area contributed by atoms with Gasteiger partial charge in [-0.15, -0.1) is 0 Å². The number of halogens is 1. The van der Waals surface area contributed by atoms with Crippen LogP contribution in [0.5, 0.6) is 5.75 Å². The van der Waals surface area contributed by atoms with Gasteiger partial charge >= 0.3 is 0 Å². The average Bonchev–Trinajstić information content (AvgIpc) is 2.44. The molecule has 3 nitrogen and oxygen atoms in total. The first-order valence-electron chi connectivity index (χ1n) is 7.42. The SMILES string of the molecule is CCNC1CCN(c2ccc(OC)c(F)c2)C(C)C1C. The first-order valence-corrected chi connectivity index (χ1v) is 7.42. The number of nitrogens with one attached hydrogen (secondary N) is 1. The molecule has 0 amide bonds. The monoisotopic (exact) mass is 280 g/mol. The molecule has 1 aromatic rings. The Morgan fingerprint density at radius 1 is 1.40 bits per heavy atom. The topological polar surface area (TPSA) is 24.5 Å². The Bertz CT molecular complexity index is 452. The molecule has 0 radical (unpaired) electrons. The second-order valence-corrected chi connectivity index (χ2v) is 5.56. The van der Waals surface area contributed by atoms with Crippen molar-refractivity contribution in [3.8, 4) is 5.75 Å². The van der Waals surface area contributed by atoms with Crippen LogP contribution in [0.3, 0.4) is 0 Å². The molecule has 1 aromatic carbocycles. The molecule has 1 aliphatic rings. The van der Waals surface area contributed by atoms with Crippen molar-refractivity contribution < 1.29 is 9.13 Å². The van der Waals surface area contributed by atoms with Gasteiger partial charge in [0.1, 0.15) is 0 Å². The molecule has 4 heteroatoms. The van der Waals surface area contributed by atoms with Gasteiger partial charge in [0.2, 0.25) is 0 Å². The second-order valence-electron chi connectivity index (χ2n) is 5.56. The summed E-state index contributed by atoms with van der Waals surface area (Å²) < 4.78 is 18.8. The van der Waals surface area contributed by atoms with Crippen LogP contribution in [0.15, 0.2) is 18.2 Å². The van der Waals surface area contributed by atoms with Crippen molar-refractivity contribution in [3.05, 3.63) is 24.0 Å². The second kappa shape index (κ2) is 6.44. The van der Waals surface area contributed by atoms with Gasteiger partial charge in [0.15, 0.2) is 11.6 Å². The highest BCUT2D eigenvalue weighted by Gasteiger charge is 2.32. The molecular formula is C16H25FN2O. The van der Waals surface area contributed by atoms with Gasteiger partial charge in [-0.3, -0.25) is 0 Å². The molecule has 112 valence electrons. The van der Waals surface area contributed by atoms with Crippen LogP contribution in [-0.4, -0.2) is 32.3 Å². The van der Waals surface area contributed by atoms with Crippen molar-refractivity contribution in [3.63, 3.8) is 0 Å². The Morgan fingerprint density at radius 2 is 2.15 bits per heavy atom. The molecule has 20 heavy (non-hydrogen) atoms. The summed E-state index contributed by atoms with van der Waals surface area (Å²) in [4.78, 5) is 2.29. The van der Waals surface area contributed by atoms with Gasteiger partial charge in [-0.1, -0.05) is 13.8 Å². The minimum atomic E-state index is -0.293. The normalized spacial score (nSPS) is 26.6. The summed E-state index contributed by atoms with van der Waals surface area (Å²) in [6.07, 6.45) is 1.09. The molecule has 3 atom stereocenters. The van der Waals surface area contributed by atoms with E-state index in [1.54, 1.807) is 12.1 Å². The minimum Gasteiger partial charge on any atom is -0.494 e. The fraction of sp³-hybridized carbons (Fsp3) is 0.625. The molecule has 2 rings (SSSR count). The number of hydrogen-bond acceptors (Lipinski definition) is 3. The zero-order chi connectivity index (χ0) is 14.7. The number of ether oxygens (including phenoxy) is 1. The Morgan fingerprint density at radius 3 is 2.75 bits per heavy atom.